The topological polar surface area (TPSA) is 54.4 Å². The van der Waals surface area contributed by atoms with Gasteiger partial charge in [-0.05, 0) is 50.1 Å². The van der Waals surface area contributed by atoms with Gasteiger partial charge in [0.15, 0.2) is 11.5 Å². The number of ether oxygens (including phenoxy) is 1. The Labute approximate surface area is 128 Å². The SMILES string of the molecule is COc1ccc(NCc2ncc(Br)cc2Br)cc1O. The average Bonchev–Trinajstić information content (AvgIpc) is 2.38. The summed E-state index contributed by atoms with van der Waals surface area (Å²) < 4.78 is 6.84. The molecule has 0 unspecified atom stereocenters. The summed E-state index contributed by atoms with van der Waals surface area (Å²) in [5.41, 5.74) is 1.69. The van der Waals surface area contributed by atoms with Crippen LogP contribution in [0.5, 0.6) is 11.5 Å². The van der Waals surface area contributed by atoms with Crippen molar-refractivity contribution in [3.05, 3.63) is 45.1 Å². The second-order valence-electron chi connectivity index (χ2n) is 3.82. The van der Waals surface area contributed by atoms with Crippen LogP contribution in [0.25, 0.3) is 0 Å². The number of aromatic nitrogens is 1. The van der Waals surface area contributed by atoms with E-state index in [4.69, 9.17) is 4.74 Å². The fourth-order valence-electron chi connectivity index (χ4n) is 1.56. The monoisotopic (exact) mass is 386 g/mol. The van der Waals surface area contributed by atoms with Crippen molar-refractivity contribution >= 4 is 37.5 Å². The second-order valence-corrected chi connectivity index (χ2v) is 5.59. The maximum atomic E-state index is 9.68. The molecular weight excluding hydrogens is 376 g/mol. The maximum Gasteiger partial charge on any atom is 0.160 e. The summed E-state index contributed by atoms with van der Waals surface area (Å²) >= 11 is 6.81. The van der Waals surface area contributed by atoms with Crippen molar-refractivity contribution in [2.75, 3.05) is 12.4 Å². The number of halogens is 2. The lowest BCUT2D eigenvalue weighted by molar-refractivity contribution is 0.373. The zero-order chi connectivity index (χ0) is 13.8. The molecule has 0 radical (unpaired) electrons. The van der Waals surface area contributed by atoms with Gasteiger partial charge in [-0.15, -0.1) is 0 Å². The minimum absolute atomic E-state index is 0.107. The fraction of sp³-hybridized carbons (Fsp3) is 0.154. The van der Waals surface area contributed by atoms with Gasteiger partial charge in [0.05, 0.1) is 19.3 Å². The number of aromatic hydroxyl groups is 1. The van der Waals surface area contributed by atoms with Crippen molar-refractivity contribution in [3.63, 3.8) is 0 Å². The number of nitrogens with one attached hydrogen (secondary N) is 1. The van der Waals surface area contributed by atoms with E-state index in [0.29, 0.717) is 12.3 Å². The van der Waals surface area contributed by atoms with Crippen LogP contribution >= 0.6 is 31.9 Å². The van der Waals surface area contributed by atoms with Gasteiger partial charge in [0, 0.05) is 26.9 Å². The molecule has 0 aliphatic heterocycles. The molecule has 100 valence electrons. The van der Waals surface area contributed by atoms with E-state index in [1.807, 2.05) is 12.1 Å². The quantitative estimate of drug-likeness (QED) is 0.834. The zero-order valence-corrected chi connectivity index (χ0v) is 13.3. The second kappa shape index (κ2) is 6.25. The Hall–Kier alpha value is -1.27. The fourth-order valence-corrected chi connectivity index (χ4v) is 2.69. The molecule has 1 heterocycles. The molecular formula is C13H12Br2N2O2. The van der Waals surface area contributed by atoms with Crippen LogP contribution in [0.4, 0.5) is 5.69 Å². The Balaban J connectivity index is 2.08. The molecule has 2 aromatic rings. The number of hydrogen-bond acceptors (Lipinski definition) is 4. The van der Waals surface area contributed by atoms with E-state index in [-0.39, 0.29) is 5.75 Å². The summed E-state index contributed by atoms with van der Waals surface area (Å²) in [6.45, 7) is 0.555. The number of hydrogen-bond donors (Lipinski definition) is 2. The van der Waals surface area contributed by atoms with Gasteiger partial charge in [0.25, 0.3) is 0 Å². The normalized spacial score (nSPS) is 10.3. The molecule has 2 N–H and O–H groups in total. The number of anilines is 1. The Bertz CT molecular complexity index is 591. The molecule has 6 heteroatoms. The Morgan fingerprint density at radius 1 is 1.32 bits per heavy atom. The average molecular weight is 388 g/mol. The van der Waals surface area contributed by atoms with Crippen LogP contribution in [0, 0.1) is 0 Å². The molecule has 0 saturated carbocycles. The molecule has 0 spiro atoms. The molecule has 0 atom stereocenters. The highest BCUT2D eigenvalue weighted by molar-refractivity contribution is 9.11. The molecule has 2 rings (SSSR count). The first kappa shape index (κ1) is 14.1. The highest BCUT2D eigenvalue weighted by Gasteiger charge is 2.05. The Kier molecular flexibility index (Phi) is 4.66. The predicted molar refractivity (Wildman–Crippen MR) is 81.6 cm³/mol. The summed E-state index contributed by atoms with van der Waals surface area (Å²) in [4.78, 5) is 4.31. The van der Waals surface area contributed by atoms with Crippen LogP contribution in [0.3, 0.4) is 0 Å². The van der Waals surface area contributed by atoms with Crippen molar-refractivity contribution in [1.29, 1.82) is 0 Å². The van der Waals surface area contributed by atoms with Crippen LogP contribution in [0.15, 0.2) is 39.4 Å². The summed E-state index contributed by atoms with van der Waals surface area (Å²) in [5, 5.41) is 12.9. The first-order valence-corrected chi connectivity index (χ1v) is 7.09. The van der Waals surface area contributed by atoms with E-state index in [1.165, 1.54) is 7.11 Å². The van der Waals surface area contributed by atoms with Crippen molar-refractivity contribution in [2.24, 2.45) is 0 Å². The van der Waals surface area contributed by atoms with Crippen LogP contribution in [-0.4, -0.2) is 17.2 Å². The van der Waals surface area contributed by atoms with Crippen LogP contribution < -0.4 is 10.1 Å². The number of methoxy groups -OCH3 is 1. The van der Waals surface area contributed by atoms with Crippen molar-refractivity contribution in [2.45, 2.75) is 6.54 Å². The van der Waals surface area contributed by atoms with E-state index in [0.717, 1.165) is 20.3 Å². The number of benzene rings is 1. The van der Waals surface area contributed by atoms with Crippen molar-refractivity contribution in [1.82, 2.24) is 4.98 Å². The lowest BCUT2D eigenvalue weighted by Gasteiger charge is -2.09. The predicted octanol–water partition coefficient (Wildman–Crippen LogP) is 3.93. The summed E-state index contributed by atoms with van der Waals surface area (Å²) in [6, 6.07) is 7.11. The molecule has 0 aliphatic rings. The summed E-state index contributed by atoms with van der Waals surface area (Å²) in [6.07, 6.45) is 1.74. The third-order valence-electron chi connectivity index (χ3n) is 2.52. The highest BCUT2D eigenvalue weighted by Crippen LogP contribution is 2.29. The summed E-state index contributed by atoms with van der Waals surface area (Å²) in [7, 11) is 1.52. The minimum Gasteiger partial charge on any atom is -0.504 e. The number of phenolic OH excluding ortho intramolecular Hbond substituents is 1. The lowest BCUT2D eigenvalue weighted by atomic mass is 10.2. The third kappa shape index (κ3) is 3.61. The molecule has 0 amide bonds. The number of nitrogens with zero attached hydrogens (tertiary/aromatic N) is 1. The van der Waals surface area contributed by atoms with E-state index in [2.05, 4.69) is 42.2 Å². The van der Waals surface area contributed by atoms with Crippen LogP contribution in [-0.2, 0) is 6.54 Å². The molecule has 0 saturated heterocycles. The minimum atomic E-state index is 0.107. The van der Waals surface area contributed by atoms with Gasteiger partial charge in [-0.2, -0.15) is 0 Å². The van der Waals surface area contributed by atoms with E-state index in [1.54, 1.807) is 18.3 Å². The van der Waals surface area contributed by atoms with Crippen molar-refractivity contribution < 1.29 is 9.84 Å². The van der Waals surface area contributed by atoms with Gasteiger partial charge in [0.2, 0.25) is 0 Å². The van der Waals surface area contributed by atoms with E-state index >= 15 is 0 Å². The number of rotatable bonds is 4. The first-order chi connectivity index (χ1) is 9.10. The van der Waals surface area contributed by atoms with Gasteiger partial charge in [-0.25, -0.2) is 0 Å². The zero-order valence-electron chi connectivity index (χ0n) is 10.2. The molecule has 1 aromatic heterocycles. The smallest absolute Gasteiger partial charge is 0.160 e. The van der Waals surface area contributed by atoms with E-state index in [9.17, 15) is 5.11 Å². The number of pyridine rings is 1. The lowest BCUT2D eigenvalue weighted by Crippen LogP contribution is -2.02. The van der Waals surface area contributed by atoms with Gasteiger partial charge >= 0.3 is 0 Å². The van der Waals surface area contributed by atoms with E-state index < -0.39 is 0 Å². The highest BCUT2D eigenvalue weighted by atomic mass is 79.9. The van der Waals surface area contributed by atoms with Crippen LogP contribution in [0.2, 0.25) is 0 Å². The van der Waals surface area contributed by atoms with Crippen molar-refractivity contribution in [3.8, 4) is 11.5 Å². The third-order valence-corrected chi connectivity index (χ3v) is 3.64. The molecule has 19 heavy (non-hydrogen) atoms. The molecule has 4 nitrogen and oxygen atoms in total. The largest absolute Gasteiger partial charge is 0.504 e. The molecule has 0 fully saturated rings. The van der Waals surface area contributed by atoms with Gasteiger partial charge < -0.3 is 15.2 Å². The molecule has 0 aliphatic carbocycles. The van der Waals surface area contributed by atoms with Gasteiger partial charge in [-0.1, -0.05) is 0 Å². The van der Waals surface area contributed by atoms with Gasteiger partial charge in [0.1, 0.15) is 0 Å². The molecule has 1 aromatic carbocycles. The summed E-state index contributed by atoms with van der Waals surface area (Å²) in [5.74, 6) is 0.559. The Morgan fingerprint density at radius 2 is 2.11 bits per heavy atom. The molecule has 0 bridgehead atoms. The first-order valence-electron chi connectivity index (χ1n) is 5.51. The van der Waals surface area contributed by atoms with Crippen LogP contribution in [0.1, 0.15) is 5.69 Å². The maximum absolute atomic E-state index is 9.68. The van der Waals surface area contributed by atoms with Gasteiger partial charge in [-0.3, -0.25) is 4.98 Å². The standard InChI is InChI=1S/C13H12Br2N2O2/c1-19-13-3-2-9(5-12(13)18)16-7-11-10(15)4-8(14)6-17-11/h2-6,16,18H,7H2,1H3. The Morgan fingerprint density at radius 3 is 2.74 bits per heavy atom. The number of phenols is 1.